The van der Waals surface area contributed by atoms with Crippen molar-refractivity contribution >= 4 is 5.91 Å². The highest BCUT2D eigenvalue weighted by molar-refractivity contribution is 5.76. The Kier molecular flexibility index (Phi) is 43.1. The van der Waals surface area contributed by atoms with Crippen LogP contribution in [0.2, 0.25) is 0 Å². The summed E-state index contributed by atoms with van der Waals surface area (Å²) < 4.78 is 0. The monoisotopic (exact) mass is 780 g/mol. The zero-order valence-corrected chi connectivity index (χ0v) is 36.0. The van der Waals surface area contributed by atoms with E-state index in [9.17, 15) is 15.0 Å². The summed E-state index contributed by atoms with van der Waals surface area (Å²) in [4.78, 5) is 12.3. The van der Waals surface area contributed by atoms with Gasteiger partial charge in [0.1, 0.15) is 0 Å². The molecule has 0 radical (unpaired) electrons. The summed E-state index contributed by atoms with van der Waals surface area (Å²) in [5.74, 6) is -0.114. The van der Waals surface area contributed by atoms with Crippen LogP contribution < -0.4 is 5.32 Å². The molecule has 0 saturated heterocycles. The first-order chi connectivity index (χ1) is 28.2. The lowest BCUT2D eigenvalue weighted by atomic mass is 10.1. The molecule has 2 atom stereocenters. The second kappa shape index (κ2) is 46.4. The number of aliphatic hydroxyl groups excluding tert-OH is 2. The molecule has 316 valence electrons. The van der Waals surface area contributed by atoms with Crippen LogP contribution in [0.5, 0.6) is 0 Å². The third-order valence-corrected chi connectivity index (χ3v) is 8.73. The van der Waals surface area contributed by atoms with E-state index < -0.39 is 12.1 Å². The molecule has 1 amide bonds. The smallest absolute Gasteiger partial charge is 0.220 e. The van der Waals surface area contributed by atoms with Crippen LogP contribution in [0.15, 0.2) is 158 Å². The summed E-state index contributed by atoms with van der Waals surface area (Å²) in [6.45, 7) is 4.01. The van der Waals surface area contributed by atoms with Crippen LogP contribution in [0.25, 0.3) is 0 Å². The quantitative estimate of drug-likeness (QED) is 0.0434. The Morgan fingerprint density at radius 2 is 0.737 bits per heavy atom. The largest absolute Gasteiger partial charge is 0.394 e. The molecule has 0 saturated carbocycles. The number of aliphatic hydroxyl groups is 2. The Bertz CT molecular complexity index is 1300. The third kappa shape index (κ3) is 43.0. The van der Waals surface area contributed by atoms with Crippen molar-refractivity contribution in [3.8, 4) is 0 Å². The topological polar surface area (TPSA) is 69.6 Å². The van der Waals surface area contributed by atoms with E-state index in [-0.39, 0.29) is 12.5 Å². The molecule has 0 aromatic carbocycles. The predicted octanol–water partition coefficient (Wildman–Crippen LogP) is 14.3. The summed E-state index contributed by atoms with van der Waals surface area (Å²) in [7, 11) is 0. The molecule has 0 heterocycles. The number of hydrogen-bond donors (Lipinski definition) is 3. The average Bonchev–Trinajstić information content (AvgIpc) is 3.22. The van der Waals surface area contributed by atoms with E-state index >= 15 is 0 Å². The van der Waals surface area contributed by atoms with Gasteiger partial charge in [-0.05, 0) is 116 Å². The highest BCUT2D eigenvalue weighted by atomic mass is 16.3. The lowest BCUT2D eigenvalue weighted by Gasteiger charge is -2.19. The van der Waals surface area contributed by atoms with Crippen molar-refractivity contribution in [1.82, 2.24) is 5.32 Å². The first kappa shape index (κ1) is 53.0. The summed E-state index contributed by atoms with van der Waals surface area (Å²) in [5.41, 5.74) is 0. The van der Waals surface area contributed by atoms with Gasteiger partial charge in [-0.2, -0.15) is 0 Å². The maximum atomic E-state index is 12.3. The molecule has 0 aromatic heterocycles. The number of unbranched alkanes of at least 4 members (excludes halogenated alkanes) is 6. The van der Waals surface area contributed by atoms with Crippen molar-refractivity contribution in [2.45, 2.75) is 161 Å². The Morgan fingerprint density at radius 3 is 1.14 bits per heavy atom. The zero-order valence-electron chi connectivity index (χ0n) is 36.0. The van der Waals surface area contributed by atoms with Gasteiger partial charge in [0.2, 0.25) is 5.91 Å². The Labute approximate surface area is 350 Å². The number of amides is 1. The number of carbonyl (C=O) groups excluding carboxylic acids is 1. The minimum Gasteiger partial charge on any atom is -0.394 e. The average molecular weight is 780 g/mol. The normalized spacial score (nSPS) is 14.5. The Balaban J connectivity index is 3.76. The minimum absolute atomic E-state index is 0.114. The van der Waals surface area contributed by atoms with Crippen molar-refractivity contribution in [1.29, 1.82) is 0 Å². The predicted molar refractivity (Wildman–Crippen MR) is 252 cm³/mol. The first-order valence-corrected chi connectivity index (χ1v) is 22.2. The molecule has 4 nitrogen and oxygen atoms in total. The van der Waals surface area contributed by atoms with Crippen molar-refractivity contribution in [3.63, 3.8) is 0 Å². The molecule has 57 heavy (non-hydrogen) atoms. The van der Waals surface area contributed by atoms with Crippen LogP contribution in [0.3, 0.4) is 0 Å². The molecule has 0 bridgehead atoms. The summed E-state index contributed by atoms with van der Waals surface area (Å²) in [6, 6.07) is -0.669. The molecule has 0 spiro atoms. The Morgan fingerprint density at radius 1 is 0.421 bits per heavy atom. The number of hydrogen-bond acceptors (Lipinski definition) is 3. The summed E-state index contributed by atoms with van der Waals surface area (Å²) in [5, 5.41) is 22.8. The molecule has 4 heteroatoms. The maximum absolute atomic E-state index is 12.3. The molecule has 0 aliphatic rings. The fourth-order valence-electron chi connectivity index (χ4n) is 5.42. The molecule has 0 aliphatic carbocycles. The van der Waals surface area contributed by atoms with Gasteiger partial charge < -0.3 is 15.5 Å². The number of carbonyl (C=O) groups is 1. The van der Waals surface area contributed by atoms with Gasteiger partial charge in [0.25, 0.3) is 0 Å². The molecular formula is C53H81NO3. The van der Waals surface area contributed by atoms with E-state index in [0.717, 1.165) is 128 Å². The van der Waals surface area contributed by atoms with Crippen molar-refractivity contribution in [3.05, 3.63) is 158 Å². The number of nitrogens with one attached hydrogen (secondary N) is 1. The van der Waals surface area contributed by atoms with Gasteiger partial charge >= 0.3 is 0 Å². The Hall–Kier alpha value is -3.99. The van der Waals surface area contributed by atoms with E-state index in [0.29, 0.717) is 6.42 Å². The standard InChI is InChI=1S/C53H81NO3/c1-3-5-7-9-11-13-15-16-17-18-19-20-21-22-23-24-25-26-27-28-29-30-31-32-33-34-35-36-37-38-39-41-43-45-47-49-53(57)54-51(50-55)52(56)48-46-44-42-40-14-12-10-8-6-4-2/h5-8,11,13-14,16-17,19-20,22-23,25-26,28-29,31-32,34-35,37-38,40,46,48,51-52,55-56H,3-4,9-10,12,15,18,21,24,27,30,33,36,39,41-45,47,49-50H2,1-2H3,(H,54,57)/b7-5-,8-6+,13-11-,17-16-,20-19-,23-22-,26-25-,29-28-,32-31-,35-34-,38-37-,40-14+,48-46+. The van der Waals surface area contributed by atoms with E-state index in [1.165, 1.54) is 0 Å². The van der Waals surface area contributed by atoms with E-state index in [2.05, 4.69) is 165 Å². The van der Waals surface area contributed by atoms with E-state index in [4.69, 9.17) is 0 Å². The van der Waals surface area contributed by atoms with Crippen LogP contribution >= 0.6 is 0 Å². The zero-order chi connectivity index (χ0) is 41.4. The van der Waals surface area contributed by atoms with Crippen LogP contribution in [0, 0.1) is 0 Å². The lowest BCUT2D eigenvalue weighted by Crippen LogP contribution is -2.45. The van der Waals surface area contributed by atoms with Gasteiger partial charge in [0, 0.05) is 6.42 Å². The highest BCUT2D eigenvalue weighted by Gasteiger charge is 2.17. The highest BCUT2D eigenvalue weighted by Crippen LogP contribution is 2.08. The molecule has 0 rings (SSSR count). The van der Waals surface area contributed by atoms with Crippen molar-refractivity contribution < 1.29 is 15.0 Å². The van der Waals surface area contributed by atoms with Crippen LogP contribution in [-0.4, -0.2) is 34.9 Å². The fourth-order valence-corrected chi connectivity index (χ4v) is 5.42. The first-order valence-electron chi connectivity index (χ1n) is 22.2. The van der Waals surface area contributed by atoms with Crippen molar-refractivity contribution in [2.75, 3.05) is 6.61 Å². The molecule has 0 fully saturated rings. The van der Waals surface area contributed by atoms with Crippen LogP contribution in [0.1, 0.15) is 149 Å². The molecule has 0 aromatic rings. The van der Waals surface area contributed by atoms with Crippen LogP contribution in [-0.2, 0) is 4.79 Å². The van der Waals surface area contributed by atoms with Gasteiger partial charge in [-0.1, -0.05) is 185 Å². The molecular weight excluding hydrogens is 699 g/mol. The van der Waals surface area contributed by atoms with Gasteiger partial charge in [-0.15, -0.1) is 0 Å². The summed E-state index contributed by atoms with van der Waals surface area (Å²) in [6.07, 6.45) is 76.5. The van der Waals surface area contributed by atoms with Crippen LogP contribution in [0.4, 0.5) is 0 Å². The van der Waals surface area contributed by atoms with E-state index in [1.807, 2.05) is 6.08 Å². The molecule has 3 N–H and O–H groups in total. The van der Waals surface area contributed by atoms with Gasteiger partial charge in [0.15, 0.2) is 0 Å². The van der Waals surface area contributed by atoms with Gasteiger partial charge in [-0.25, -0.2) is 0 Å². The molecule has 0 aliphatic heterocycles. The van der Waals surface area contributed by atoms with Crippen molar-refractivity contribution in [2.24, 2.45) is 0 Å². The second-order valence-corrected chi connectivity index (χ2v) is 14.0. The number of rotatable bonds is 37. The minimum atomic E-state index is -0.891. The van der Waals surface area contributed by atoms with Gasteiger partial charge in [-0.3, -0.25) is 4.79 Å². The second-order valence-electron chi connectivity index (χ2n) is 14.0. The maximum Gasteiger partial charge on any atom is 0.220 e. The fraction of sp³-hybridized carbons (Fsp3) is 0.491. The molecule has 2 unspecified atom stereocenters. The summed E-state index contributed by atoms with van der Waals surface area (Å²) >= 11 is 0. The third-order valence-electron chi connectivity index (χ3n) is 8.73. The number of allylic oxidation sites excluding steroid dienone is 25. The SMILES string of the molecule is CC/C=C\C/C=C\C/C=C\C/C=C\C/C=C\C/C=C\C/C=C\C/C=C\C/C=C\C/C=C\CCCCCCC(=O)NC(CO)C(O)/C=C/CC/C=C/CC/C=C/CC. The van der Waals surface area contributed by atoms with E-state index in [1.54, 1.807) is 6.08 Å². The lowest BCUT2D eigenvalue weighted by molar-refractivity contribution is -0.123. The van der Waals surface area contributed by atoms with Gasteiger partial charge in [0.05, 0.1) is 18.8 Å².